The van der Waals surface area contributed by atoms with Crippen LogP contribution in [-0.2, 0) is 16.6 Å². The van der Waals surface area contributed by atoms with Gasteiger partial charge in [0.1, 0.15) is 16.4 Å². The van der Waals surface area contributed by atoms with Gasteiger partial charge in [-0.1, -0.05) is 12.2 Å². The molecule has 0 aromatic carbocycles. The van der Waals surface area contributed by atoms with E-state index in [1.807, 2.05) is 12.2 Å². The van der Waals surface area contributed by atoms with Gasteiger partial charge in [-0.2, -0.15) is 4.31 Å². The molecule has 0 aliphatic carbocycles. The molecular weight excluding hydrogens is 264 g/mol. The number of rotatable bonds is 4. The van der Waals surface area contributed by atoms with Gasteiger partial charge in [0.05, 0.1) is 0 Å². The average molecular weight is 284 g/mol. The standard InChI is InChI=1S/C13H20N2O3S/c1-10-12(9-14-3)13(11(2)18-10)19(16,17)15-7-5-4-6-8-15/h4-5,14H,6-9H2,1-3H3. The van der Waals surface area contributed by atoms with Gasteiger partial charge in [0.15, 0.2) is 0 Å². The van der Waals surface area contributed by atoms with E-state index in [2.05, 4.69) is 5.32 Å². The van der Waals surface area contributed by atoms with Crippen LogP contribution in [0.5, 0.6) is 0 Å². The van der Waals surface area contributed by atoms with Crippen molar-refractivity contribution < 1.29 is 12.8 Å². The zero-order valence-corrected chi connectivity index (χ0v) is 12.4. The summed E-state index contributed by atoms with van der Waals surface area (Å²) in [5.41, 5.74) is 0.731. The van der Waals surface area contributed by atoms with Gasteiger partial charge >= 0.3 is 0 Å². The third-order valence-corrected chi connectivity index (χ3v) is 5.36. The molecule has 6 heteroatoms. The number of sulfonamides is 1. The predicted molar refractivity (Wildman–Crippen MR) is 73.5 cm³/mol. The minimum Gasteiger partial charge on any atom is -0.465 e. The molecule has 0 saturated carbocycles. The van der Waals surface area contributed by atoms with Gasteiger partial charge in [-0.3, -0.25) is 0 Å². The van der Waals surface area contributed by atoms with Crippen LogP contribution in [0.2, 0.25) is 0 Å². The summed E-state index contributed by atoms with van der Waals surface area (Å²) in [6, 6.07) is 0. The largest absolute Gasteiger partial charge is 0.465 e. The Morgan fingerprint density at radius 3 is 2.63 bits per heavy atom. The van der Waals surface area contributed by atoms with Crippen molar-refractivity contribution in [3.8, 4) is 0 Å². The first kappa shape index (κ1) is 14.3. The number of nitrogens with zero attached hydrogens (tertiary/aromatic N) is 1. The van der Waals surface area contributed by atoms with E-state index in [4.69, 9.17) is 4.42 Å². The molecule has 0 saturated heterocycles. The molecule has 1 N–H and O–H groups in total. The smallest absolute Gasteiger partial charge is 0.247 e. The molecule has 106 valence electrons. The lowest BCUT2D eigenvalue weighted by Crippen LogP contribution is -2.34. The van der Waals surface area contributed by atoms with Crippen LogP contribution in [0, 0.1) is 13.8 Å². The molecule has 0 fully saturated rings. The third-order valence-electron chi connectivity index (χ3n) is 3.30. The monoisotopic (exact) mass is 284 g/mol. The van der Waals surface area contributed by atoms with Crippen molar-refractivity contribution in [2.75, 3.05) is 20.1 Å². The summed E-state index contributed by atoms with van der Waals surface area (Å²) in [6.45, 7) is 4.96. The minimum absolute atomic E-state index is 0.328. The molecule has 0 atom stereocenters. The topological polar surface area (TPSA) is 62.6 Å². The van der Waals surface area contributed by atoms with E-state index in [0.29, 0.717) is 36.1 Å². The molecule has 0 unspecified atom stereocenters. The Kier molecular flexibility index (Phi) is 4.13. The molecular formula is C13H20N2O3S. The van der Waals surface area contributed by atoms with Crippen molar-refractivity contribution >= 4 is 10.0 Å². The first-order valence-electron chi connectivity index (χ1n) is 6.37. The Morgan fingerprint density at radius 1 is 1.32 bits per heavy atom. The number of hydrogen-bond acceptors (Lipinski definition) is 4. The fraction of sp³-hybridized carbons (Fsp3) is 0.538. The van der Waals surface area contributed by atoms with E-state index in [0.717, 1.165) is 12.0 Å². The maximum Gasteiger partial charge on any atom is 0.247 e. The van der Waals surface area contributed by atoms with Gasteiger partial charge in [0.2, 0.25) is 10.0 Å². The van der Waals surface area contributed by atoms with Crippen molar-refractivity contribution in [2.45, 2.75) is 31.7 Å². The van der Waals surface area contributed by atoms with Gasteiger partial charge < -0.3 is 9.73 Å². The predicted octanol–water partition coefficient (Wildman–Crippen LogP) is 1.57. The van der Waals surface area contributed by atoms with Crippen LogP contribution < -0.4 is 5.32 Å². The molecule has 1 aromatic heterocycles. The molecule has 5 nitrogen and oxygen atoms in total. The van der Waals surface area contributed by atoms with Crippen molar-refractivity contribution in [1.82, 2.24) is 9.62 Å². The first-order valence-corrected chi connectivity index (χ1v) is 7.81. The zero-order valence-electron chi connectivity index (χ0n) is 11.6. The summed E-state index contributed by atoms with van der Waals surface area (Å²) in [6.07, 6.45) is 4.66. The fourth-order valence-electron chi connectivity index (χ4n) is 2.40. The number of hydrogen-bond donors (Lipinski definition) is 1. The SMILES string of the molecule is CNCc1c(C)oc(C)c1S(=O)(=O)N1CC=CCC1. The van der Waals surface area contributed by atoms with Crippen LogP contribution >= 0.6 is 0 Å². The Morgan fingerprint density at radius 2 is 2.05 bits per heavy atom. The lowest BCUT2D eigenvalue weighted by atomic mass is 10.2. The van der Waals surface area contributed by atoms with Crippen molar-refractivity contribution in [2.24, 2.45) is 0 Å². The van der Waals surface area contributed by atoms with E-state index < -0.39 is 10.0 Å². The second kappa shape index (κ2) is 5.48. The van der Waals surface area contributed by atoms with Crippen molar-refractivity contribution in [3.63, 3.8) is 0 Å². The molecule has 2 rings (SSSR count). The van der Waals surface area contributed by atoms with Crippen LogP contribution in [0.15, 0.2) is 21.5 Å². The van der Waals surface area contributed by atoms with Crippen LogP contribution in [0.1, 0.15) is 23.5 Å². The van der Waals surface area contributed by atoms with Crippen LogP contribution in [0.3, 0.4) is 0 Å². The molecule has 2 heterocycles. The Hall–Kier alpha value is -1.11. The van der Waals surface area contributed by atoms with Crippen molar-refractivity contribution in [1.29, 1.82) is 0 Å². The summed E-state index contributed by atoms with van der Waals surface area (Å²) >= 11 is 0. The van der Waals surface area contributed by atoms with Gasteiger partial charge in [-0.25, -0.2) is 8.42 Å². The van der Waals surface area contributed by atoms with E-state index >= 15 is 0 Å². The van der Waals surface area contributed by atoms with Crippen LogP contribution in [0.4, 0.5) is 0 Å². The molecule has 1 aliphatic heterocycles. The van der Waals surface area contributed by atoms with Crippen LogP contribution in [0.25, 0.3) is 0 Å². The van der Waals surface area contributed by atoms with Gasteiger partial charge in [0, 0.05) is 25.2 Å². The highest BCUT2D eigenvalue weighted by atomic mass is 32.2. The first-order chi connectivity index (χ1) is 8.98. The number of furan rings is 1. The maximum absolute atomic E-state index is 12.7. The second-order valence-corrected chi connectivity index (χ2v) is 6.55. The second-order valence-electron chi connectivity index (χ2n) is 4.68. The third kappa shape index (κ3) is 2.61. The van der Waals surface area contributed by atoms with Gasteiger partial charge in [-0.05, 0) is 27.3 Å². The molecule has 0 amide bonds. The average Bonchev–Trinajstić information content (AvgIpc) is 2.66. The highest BCUT2D eigenvalue weighted by Gasteiger charge is 2.31. The molecule has 0 bridgehead atoms. The number of nitrogens with one attached hydrogen (secondary N) is 1. The summed E-state index contributed by atoms with van der Waals surface area (Å²) in [7, 11) is -1.68. The quantitative estimate of drug-likeness (QED) is 0.852. The van der Waals surface area contributed by atoms with Crippen molar-refractivity contribution in [3.05, 3.63) is 29.2 Å². The summed E-state index contributed by atoms with van der Waals surface area (Å²) in [5, 5.41) is 3.00. The van der Waals surface area contributed by atoms with E-state index in [1.54, 1.807) is 20.9 Å². The summed E-state index contributed by atoms with van der Waals surface area (Å²) < 4.78 is 32.5. The maximum atomic E-state index is 12.7. The van der Waals surface area contributed by atoms with E-state index in [-0.39, 0.29) is 0 Å². The lowest BCUT2D eigenvalue weighted by molar-refractivity contribution is 0.433. The van der Waals surface area contributed by atoms with E-state index in [1.165, 1.54) is 4.31 Å². The normalized spacial score (nSPS) is 17.0. The summed E-state index contributed by atoms with van der Waals surface area (Å²) in [5.74, 6) is 1.13. The highest BCUT2D eigenvalue weighted by Crippen LogP contribution is 2.29. The zero-order chi connectivity index (χ0) is 14.0. The number of aryl methyl sites for hydroxylation is 2. The van der Waals surface area contributed by atoms with E-state index in [9.17, 15) is 8.42 Å². The van der Waals surface area contributed by atoms with Gasteiger partial charge in [0.25, 0.3) is 0 Å². The molecule has 1 aromatic rings. The Bertz CT molecular complexity index is 587. The van der Waals surface area contributed by atoms with Crippen LogP contribution in [-0.4, -0.2) is 32.9 Å². The molecule has 0 radical (unpaired) electrons. The fourth-order valence-corrected chi connectivity index (χ4v) is 4.21. The highest BCUT2D eigenvalue weighted by molar-refractivity contribution is 7.89. The molecule has 19 heavy (non-hydrogen) atoms. The Labute approximate surface area is 114 Å². The molecule has 0 spiro atoms. The van der Waals surface area contributed by atoms with Gasteiger partial charge in [-0.15, -0.1) is 0 Å². The molecule has 1 aliphatic rings. The lowest BCUT2D eigenvalue weighted by Gasteiger charge is -2.23. The Balaban J connectivity index is 2.47. The summed E-state index contributed by atoms with van der Waals surface area (Å²) in [4.78, 5) is 0.328. The minimum atomic E-state index is -3.48.